The molecule has 0 aliphatic rings. The lowest BCUT2D eigenvalue weighted by Crippen LogP contribution is -2.56. The van der Waals surface area contributed by atoms with Gasteiger partial charge in [-0.1, -0.05) is 39.0 Å². The Labute approximate surface area is 170 Å². The first kappa shape index (κ1) is 26.7. The van der Waals surface area contributed by atoms with Crippen LogP contribution in [-0.4, -0.2) is 77.2 Å². The Morgan fingerprint density at radius 1 is 1.14 bits per heavy atom. The summed E-state index contributed by atoms with van der Waals surface area (Å²) in [5, 5.41) is 35.2. The second kappa shape index (κ2) is 12.3. The van der Waals surface area contributed by atoms with Gasteiger partial charge in [-0.25, -0.2) is 0 Å². The summed E-state index contributed by atoms with van der Waals surface area (Å²) in [7, 11) is 1.11. The Morgan fingerprint density at radius 2 is 1.72 bits per heavy atom. The van der Waals surface area contributed by atoms with Crippen LogP contribution < -0.4 is 16.4 Å². The molecule has 0 saturated heterocycles. The number of carbonyl (C=O) groups excluding carboxylic acids is 3. The van der Waals surface area contributed by atoms with E-state index in [0.29, 0.717) is 0 Å². The van der Waals surface area contributed by atoms with Gasteiger partial charge in [-0.3, -0.25) is 14.4 Å². The predicted octanol–water partition coefficient (Wildman–Crippen LogP) is -1.65. The summed E-state index contributed by atoms with van der Waals surface area (Å²) < 4.78 is 4.94. The molecule has 29 heavy (non-hydrogen) atoms. The third-order valence-electron chi connectivity index (χ3n) is 3.77. The molecule has 10 nitrogen and oxygen atoms in total. The summed E-state index contributed by atoms with van der Waals surface area (Å²) >= 11 is 0. The van der Waals surface area contributed by atoms with E-state index < -0.39 is 54.6 Å². The van der Waals surface area contributed by atoms with Crippen molar-refractivity contribution in [2.45, 2.75) is 57.6 Å². The highest BCUT2D eigenvalue weighted by Gasteiger charge is 2.37. The van der Waals surface area contributed by atoms with E-state index in [9.17, 15) is 29.7 Å². The Balaban J connectivity index is 5.26. The number of hydrogen-bond donors (Lipinski definition) is 6. The minimum atomic E-state index is -1.81. The fourth-order valence-electron chi connectivity index (χ4n) is 2.24. The van der Waals surface area contributed by atoms with E-state index >= 15 is 0 Å². The zero-order valence-electron chi connectivity index (χ0n) is 17.3. The molecule has 0 aromatic carbocycles. The first-order valence-electron chi connectivity index (χ1n) is 9.07. The third-order valence-corrected chi connectivity index (χ3v) is 3.77. The number of amides is 3. The molecule has 0 spiro atoms. The summed E-state index contributed by atoms with van der Waals surface area (Å²) in [5.41, 5.74) is 4.84. The van der Waals surface area contributed by atoms with Gasteiger partial charge in [0, 0.05) is 13.7 Å². The quantitative estimate of drug-likeness (QED) is 0.207. The highest BCUT2D eigenvalue weighted by atomic mass is 16.5. The summed E-state index contributed by atoms with van der Waals surface area (Å²) in [6, 6.07) is -1.31. The lowest BCUT2D eigenvalue weighted by Gasteiger charge is -2.28. The van der Waals surface area contributed by atoms with Gasteiger partial charge in [0.15, 0.2) is 6.10 Å². The smallest absolute Gasteiger partial charge is 0.252 e. The van der Waals surface area contributed by atoms with Crippen LogP contribution >= 0.6 is 0 Å². The van der Waals surface area contributed by atoms with E-state index in [4.69, 9.17) is 10.5 Å². The van der Waals surface area contributed by atoms with Crippen LogP contribution in [0.5, 0.6) is 0 Å². The SMILES string of the molecule is C=CCNC(=O)[C@H](CC(N)=O)NC(=O)[C@H](OC)[C@H](O)[C@@H](O)[C@H](O)/C=C/C(C)(C)C. The van der Waals surface area contributed by atoms with Crippen LogP contribution in [0, 0.1) is 5.41 Å². The fourth-order valence-corrected chi connectivity index (χ4v) is 2.24. The number of carbonyl (C=O) groups is 3. The van der Waals surface area contributed by atoms with Crippen molar-refractivity contribution < 1.29 is 34.4 Å². The minimum Gasteiger partial charge on any atom is -0.387 e. The van der Waals surface area contributed by atoms with Gasteiger partial charge in [-0.15, -0.1) is 6.58 Å². The molecule has 0 unspecified atom stereocenters. The first-order chi connectivity index (χ1) is 13.3. The molecule has 0 radical (unpaired) electrons. The van der Waals surface area contributed by atoms with Crippen LogP contribution in [0.3, 0.4) is 0 Å². The van der Waals surface area contributed by atoms with Crippen LogP contribution in [0.2, 0.25) is 0 Å². The lowest BCUT2D eigenvalue weighted by atomic mass is 9.94. The van der Waals surface area contributed by atoms with Gasteiger partial charge in [0.05, 0.1) is 6.42 Å². The van der Waals surface area contributed by atoms with Crippen LogP contribution in [-0.2, 0) is 19.1 Å². The van der Waals surface area contributed by atoms with Crippen molar-refractivity contribution in [2.75, 3.05) is 13.7 Å². The van der Waals surface area contributed by atoms with Gasteiger partial charge >= 0.3 is 0 Å². The van der Waals surface area contributed by atoms with Gasteiger partial charge in [0.1, 0.15) is 24.4 Å². The van der Waals surface area contributed by atoms with E-state index in [1.54, 1.807) is 6.08 Å². The Kier molecular flexibility index (Phi) is 11.4. The molecule has 5 atom stereocenters. The largest absolute Gasteiger partial charge is 0.387 e. The number of allylic oxidation sites excluding steroid dienone is 1. The van der Waals surface area contributed by atoms with Crippen molar-refractivity contribution in [2.24, 2.45) is 11.1 Å². The van der Waals surface area contributed by atoms with E-state index in [0.717, 1.165) is 7.11 Å². The average molecular weight is 415 g/mol. The van der Waals surface area contributed by atoms with E-state index in [1.165, 1.54) is 12.2 Å². The average Bonchev–Trinajstić information content (AvgIpc) is 2.62. The summed E-state index contributed by atoms with van der Waals surface area (Å²) in [6.07, 6.45) is -2.78. The van der Waals surface area contributed by atoms with Crippen molar-refractivity contribution in [3.63, 3.8) is 0 Å². The highest BCUT2D eigenvalue weighted by molar-refractivity contribution is 5.93. The summed E-state index contributed by atoms with van der Waals surface area (Å²) in [5.74, 6) is -2.48. The van der Waals surface area contributed by atoms with Crippen molar-refractivity contribution in [1.29, 1.82) is 0 Å². The molecule has 0 aliphatic heterocycles. The molecule has 0 bridgehead atoms. The second-order valence-corrected chi connectivity index (χ2v) is 7.62. The van der Waals surface area contributed by atoms with Crippen molar-refractivity contribution in [1.82, 2.24) is 10.6 Å². The molecule has 3 amide bonds. The van der Waals surface area contributed by atoms with Crippen molar-refractivity contribution in [3.8, 4) is 0 Å². The molecular formula is C19H33N3O7. The standard InChI is InChI=1S/C19H33N3O7/c1-6-9-21-17(27)11(10-13(20)24)22-18(28)16(29-5)15(26)14(25)12(23)7-8-19(2,3)4/h6-8,11-12,14-16,23,25-26H,1,9-10H2,2-5H3,(H2,20,24)(H,21,27)(H,22,28)/b8-7+/t11-,12+,14-,15+,16+/m0/s1. The number of nitrogens with two attached hydrogens (primary N) is 1. The molecular weight excluding hydrogens is 382 g/mol. The third kappa shape index (κ3) is 10.2. The molecule has 10 heteroatoms. The molecule has 7 N–H and O–H groups in total. The van der Waals surface area contributed by atoms with Crippen LogP contribution in [0.15, 0.2) is 24.8 Å². The normalized spacial score (nSPS) is 17.1. The number of nitrogens with one attached hydrogen (secondary N) is 2. The van der Waals surface area contributed by atoms with Gasteiger partial charge in [-0.2, -0.15) is 0 Å². The zero-order chi connectivity index (χ0) is 22.8. The van der Waals surface area contributed by atoms with E-state index in [-0.39, 0.29) is 12.0 Å². The molecule has 0 rings (SSSR count). The molecule has 166 valence electrons. The maximum atomic E-state index is 12.5. The molecule has 0 aromatic heterocycles. The monoisotopic (exact) mass is 415 g/mol. The number of aliphatic hydroxyl groups excluding tert-OH is 3. The molecule has 0 heterocycles. The maximum Gasteiger partial charge on any atom is 0.252 e. The number of aliphatic hydroxyl groups is 3. The molecule has 0 saturated carbocycles. The van der Waals surface area contributed by atoms with Gasteiger partial charge in [0.2, 0.25) is 11.8 Å². The number of methoxy groups -OCH3 is 1. The van der Waals surface area contributed by atoms with Crippen LogP contribution in [0.1, 0.15) is 27.2 Å². The number of rotatable bonds is 12. The number of primary amides is 1. The van der Waals surface area contributed by atoms with E-state index in [2.05, 4.69) is 17.2 Å². The predicted molar refractivity (Wildman–Crippen MR) is 106 cm³/mol. The lowest BCUT2D eigenvalue weighted by molar-refractivity contribution is -0.151. The summed E-state index contributed by atoms with van der Waals surface area (Å²) in [6.45, 7) is 9.17. The maximum absolute atomic E-state index is 12.5. The first-order valence-corrected chi connectivity index (χ1v) is 9.07. The molecule has 0 fully saturated rings. The Hall–Kier alpha value is -2.27. The summed E-state index contributed by atoms with van der Waals surface area (Å²) in [4.78, 5) is 35.8. The minimum absolute atomic E-state index is 0.102. The van der Waals surface area contributed by atoms with Gasteiger partial charge in [-0.05, 0) is 5.41 Å². The zero-order valence-corrected chi connectivity index (χ0v) is 17.3. The number of hydrogen-bond acceptors (Lipinski definition) is 7. The van der Waals surface area contributed by atoms with E-state index in [1.807, 2.05) is 20.8 Å². The van der Waals surface area contributed by atoms with Gasteiger partial charge < -0.3 is 36.4 Å². The number of ether oxygens (including phenoxy) is 1. The van der Waals surface area contributed by atoms with Gasteiger partial charge in [0.25, 0.3) is 5.91 Å². The van der Waals surface area contributed by atoms with Crippen molar-refractivity contribution >= 4 is 17.7 Å². The Bertz CT molecular complexity index is 601. The fraction of sp³-hybridized carbons (Fsp3) is 0.632. The molecule has 0 aliphatic carbocycles. The van der Waals surface area contributed by atoms with Crippen LogP contribution in [0.4, 0.5) is 0 Å². The van der Waals surface area contributed by atoms with Crippen LogP contribution in [0.25, 0.3) is 0 Å². The highest BCUT2D eigenvalue weighted by Crippen LogP contribution is 2.17. The topological polar surface area (TPSA) is 171 Å². The second-order valence-electron chi connectivity index (χ2n) is 7.62. The molecule has 0 aromatic rings. The Morgan fingerprint density at radius 3 is 2.17 bits per heavy atom. The van der Waals surface area contributed by atoms with Crippen molar-refractivity contribution in [3.05, 3.63) is 24.8 Å².